The Hall–Kier alpha value is -3.47. The number of fused-ring (bicyclic) bond motifs is 6. The molecule has 3 aromatic rings. The molecule has 0 atom stereocenters. The number of benzene rings is 3. The molecule has 1 aliphatic carbocycles. The van der Waals surface area contributed by atoms with E-state index in [1.165, 1.54) is 34.6 Å². The van der Waals surface area contributed by atoms with Crippen molar-refractivity contribution in [3.63, 3.8) is 0 Å². The molecule has 0 amide bonds. The molecular formula is C29H28N4OSi. The van der Waals surface area contributed by atoms with Gasteiger partial charge in [0.15, 0.2) is 5.41 Å². The first kappa shape index (κ1) is 20.9. The van der Waals surface area contributed by atoms with Crippen molar-refractivity contribution in [3.05, 3.63) is 88.4 Å². The number of carbonyl (C=O) groups is 1. The number of Topliss-reactive ketones (excluding diaryl/α,β-unsaturated/α-hetero) is 1. The van der Waals surface area contributed by atoms with Crippen LogP contribution in [0.1, 0.15) is 39.9 Å². The fourth-order valence-electron chi connectivity index (χ4n) is 6.68. The molecule has 2 saturated heterocycles. The van der Waals surface area contributed by atoms with Gasteiger partial charge in [0.25, 0.3) is 5.78 Å². The van der Waals surface area contributed by atoms with Gasteiger partial charge in [0.2, 0.25) is 0 Å². The first-order valence-electron chi connectivity index (χ1n) is 12.6. The van der Waals surface area contributed by atoms with E-state index in [0.717, 1.165) is 42.9 Å². The summed E-state index contributed by atoms with van der Waals surface area (Å²) < 4.78 is 0. The third-order valence-electron chi connectivity index (χ3n) is 8.85. The number of ketones is 1. The standard InChI is InChI=1S/C29H28N4OSi/c1-35(2)25-17-19(32-13-5-14-32)9-11-23(25)29(22-8-4-3-7-21(22)27(34)28(29)31-30)24-12-10-20(18-26(24)35)33-15-6-16-33/h3-4,7-12,17-18H,5-6,13-16H2,1-2H3. The fraction of sp³-hybridized carbons (Fsp3) is 0.310. The maximum atomic E-state index is 13.6. The van der Waals surface area contributed by atoms with Crippen LogP contribution in [-0.2, 0) is 5.41 Å². The normalized spacial score (nSPS) is 20.5. The molecule has 0 aromatic heterocycles. The SMILES string of the molecule is C[Si]1(C)c2cc(N3CCC3)ccc2C2(C(=[N+]=[N-])C(=O)c3ccccc32)c2ccc(N3CCC3)cc21. The average molecular weight is 477 g/mol. The molecule has 3 aliphatic heterocycles. The Labute approximate surface area is 206 Å². The van der Waals surface area contributed by atoms with E-state index in [9.17, 15) is 10.3 Å². The van der Waals surface area contributed by atoms with E-state index in [-0.39, 0.29) is 11.5 Å². The molecule has 0 N–H and O–H groups in total. The molecule has 3 heterocycles. The number of nitrogens with zero attached hydrogens (tertiary/aromatic N) is 4. The van der Waals surface area contributed by atoms with Crippen LogP contribution in [0, 0.1) is 0 Å². The van der Waals surface area contributed by atoms with Crippen molar-refractivity contribution in [2.45, 2.75) is 31.4 Å². The first-order chi connectivity index (χ1) is 17.0. The van der Waals surface area contributed by atoms with Crippen molar-refractivity contribution in [2.24, 2.45) is 0 Å². The summed E-state index contributed by atoms with van der Waals surface area (Å²) in [6, 6.07) is 21.4. The van der Waals surface area contributed by atoms with E-state index in [4.69, 9.17) is 0 Å². The van der Waals surface area contributed by atoms with Crippen molar-refractivity contribution in [3.8, 4) is 0 Å². The third-order valence-corrected chi connectivity index (χ3v) is 12.4. The van der Waals surface area contributed by atoms with Crippen molar-refractivity contribution in [2.75, 3.05) is 36.0 Å². The second-order valence-electron chi connectivity index (χ2n) is 10.8. The first-order valence-corrected chi connectivity index (χ1v) is 15.6. The maximum absolute atomic E-state index is 13.6. The zero-order chi connectivity index (χ0) is 23.9. The molecule has 0 saturated carbocycles. The van der Waals surface area contributed by atoms with E-state index >= 15 is 0 Å². The molecule has 0 radical (unpaired) electrons. The van der Waals surface area contributed by atoms with Gasteiger partial charge in [-0.25, -0.2) is 0 Å². The lowest BCUT2D eigenvalue weighted by Gasteiger charge is -2.44. The lowest BCUT2D eigenvalue weighted by atomic mass is 9.68. The largest absolute Gasteiger partial charge is 0.371 e. The molecule has 3 aromatic carbocycles. The van der Waals surface area contributed by atoms with Crippen LogP contribution in [0.3, 0.4) is 0 Å². The maximum Gasteiger partial charge on any atom is 0.358 e. The lowest BCUT2D eigenvalue weighted by molar-refractivity contribution is -0.0115. The van der Waals surface area contributed by atoms with Gasteiger partial charge < -0.3 is 15.3 Å². The number of carbonyl (C=O) groups excluding carboxylic acids is 1. The van der Waals surface area contributed by atoms with Gasteiger partial charge in [-0.1, -0.05) is 49.5 Å². The van der Waals surface area contributed by atoms with E-state index in [0.29, 0.717) is 5.56 Å². The topological polar surface area (TPSA) is 60.0 Å². The number of anilines is 2. The Kier molecular flexibility index (Phi) is 4.19. The molecule has 6 heteroatoms. The molecule has 2 fully saturated rings. The minimum atomic E-state index is -2.14. The Morgan fingerprint density at radius 1 is 0.800 bits per heavy atom. The van der Waals surface area contributed by atoms with E-state index in [1.807, 2.05) is 24.3 Å². The van der Waals surface area contributed by atoms with Crippen LogP contribution in [0.15, 0.2) is 60.7 Å². The molecule has 7 rings (SSSR count). The van der Waals surface area contributed by atoms with Gasteiger partial charge in [0.1, 0.15) is 8.07 Å². The molecule has 35 heavy (non-hydrogen) atoms. The van der Waals surface area contributed by atoms with Crippen LogP contribution >= 0.6 is 0 Å². The highest BCUT2D eigenvalue weighted by Crippen LogP contribution is 2.49. The number of rotatable bonds is 2. The molecule has 5 nitrogen and oxygen atoms in total. The Balaban J connectivity index is 1.59. The van der Waals surface area contributed by atoms with Gasteiger partial charge in [-0.15, -0.1) is 0 Å². The van der Waals surface area contributed by atoms with E-state index in [1.54, 1.807) is 0 Å². The Morgan fingerprint density at radius 2 is 1.34 bits per heavy atom. The third kappa shape index (κ3) is 2.51. The fourth-order valence-corrected chi connectivity index (χ4v) is 9.88. The summed E-state index contributed by atoms with van der Waals surface area (Å²) in [5, 5.41) is 2.67. The summed E-state index contributed by atoms with van der Waals surface area (Å²) in [5.41, 5.74) is 16.0. The molecule has 0 unspecified atom stereocenters. The molecule has 0 bridgehead atoms. The van der Waals surface area contributed by atoms with Crippen molar-refractivity contribution >= 4 is 41.3 Å². The van der Waals surface area contributed by atoms with Gasteiger partial charge in [0, 0.05) is 43.1 Å². The average Bonchev–Trinajstić information content (AvgIpc) is 3.04. The van der Waals surface area contributed by atoms with Crippen molar-refractivity contribution in [1.29, 1.82) is 0 Å². The highest BCUT2D eigenvalue weighted by Gasteiger charge is 2.63. The number of hydrogen-bond donors (Lipinski definition) is 0. The summed E-state index contributed by atoms with van der Waals surface area (Å²) in [4.78, 5) is 22.2. The van der Waals surface area contributed by atoms with Crippen LogP contribution in [0.25, 0.3) is 5.53 Å². The smallest absolute Gasteiger partial charge is 0.358 e. The molecule has 174 valence electrons. The minimum Gasteiger partial charge on any atom is -0.371 e. The van der Waals surface area contributed by atoms with E-state index < -0.39 is 13.5 Å². The van der Waals surface area contributed by atoms with Gasteiger partial charge in [0.05, 0.1) is 0 Å². The predicted molar refractivity (Wildman–Crippen MR) is 143 cm³/mol. The number of hydrogen-bond acceptors (Lipinski definition) is 3. The zero-order valence-electron chi connectivity index (χ0n) is 20.2. The highest BCUT2D eigenvalue weighted by atomic mass is 28.3. The second-order valence-corrected chi connectivity index (χ2v) is 15.2. The molecule has 1 spiro atoms. The Bertz CT molecular complexity index is 1410. The minimum absolute atomic E-state index is 0.181. The van der Waals surface area contributed by atoms with Crippen LogP contribution < -0.4 is 20.2 Å². The van der Waals surface area contributed by atoms with Gasteiger partial charge in [-0.3, -0.25) is 4.79 Å². The van der Waals surface area contributed by atoms with Crippen LogP contribution in [-0.4, -0.2) is 50.5 Å². The second kappa shape index (κ2) is 7.03. The summed E-state index contributed by atoms with van der Waals surface area (Å²) in [6.45, 7) is 9.21. The summed E-state index contributed by atoms with van der Waals surface area (Å²) in [6.07, 6.45) is 2.46. The van der Waals surface area contributed by atoms with E-state index in [2.05, 4.69) is 64.1 Å². The van der Waals surface area contributed by atoms with Gasteiger partial charge >= 0.3 is 5.71 Å². The summed E-state index contributed by atoms with van der Waals surface area (Å²) >= 11 is 0. The molecular weight excluding hydrogens is 448 g/mol. The van der Waals surface area contributed by atoms with Crippen LogP contribution in [0.4, 0.5) is 11.4 Å². The van der Waals surface area contributed by atoms with Crippen molar-refractivity contribution < 1.29 is 9.58 Å². The van der Waals surface area contributed by atoms with Crippen molar-refractivity contribution in [1.82, 2.24) is 0 Å². The molecule has 4 aliphatic rings. The van der Waals surface area contributed by atoms with Crippen LogP contribution in [0.5, 0.6) is 0 Å². The summed E-state index contributed by atoms with van der Waals surface area (Å²) in [5.74, 6) is -0.181. The monoisotopic (exact) mass is 476 g/mol. The van der Waals surface area contributed by atoms with Gasteiger partial charge in [-0.2, -0.15) is 4.79 Å². The summed E-state index contributed by atoms with van der Waals surface area (Å²) in [7, 11) is -2.14. The quantitative estimate of drug-likeness (QED) is 0.323. The highest BCUT2D eigenvalue weighted by molar-refractivity contribution is 7.01. The zero-order valence-corrected chi connectivity index (χ0v) is 21.2. The Morgan fingerprint density at radius 3 is 1.83 bits per heavy atom. The lowest BCUT2D eigenvalue weighted by Crippen LogP contribution is -2.65. The van der Waals surface area contributed by atoms with Crippen LogP contribution in [0.2, 0.25) is 13.1 Å². The predicted octanol–water partition coefficient (Wildman–Crippen LogP) is 3.44. The van der Waals surface area contributed by atoms with Gasteiger partial charge in [-0.05, 0) is 64.2 Å².